The average Bonchev–Trinajstić information content (AvgIpc) is 2.02. The van der Waals surface area contributed by atoms with Crippen LogP contribution in [-0.4, -0.2) is 0 Å². The van der Waals surface area contributed by atoms with Crippen molar-refractivity contribution in [3.8, 4) is 0 Å². The van der Waals surface area contributed by atoms with Crippen LogP contribution in [0.15, 0.2) is 0 Å². The molecule has 1 fully saturated rings. The van der Waals surface area contributed by atoms with Crippen LogP contribution >= 0.6 is 0 Å². The minimum atomic E-state index is 0.963. The van der Waals surface area contributed by atoms with Crippen LogP contribution < -0.4 is 0 Å². The smallest absolute Gasteiger partial charge is 0.0360 e. The van der Waals surface area contributed by atoms with Gasteiger partial charge in [-0.15, -0.1) is 0 Å². The molecule has 0 spiro atoms. The quantitative estimate of drug-likeness (QED) is 0.592. The van der Waals surface area contributed by atoms with Gasteiger partial charge in [-0.2, -0.15) is 0 Å². The van der Waals surface area contributed by atoms with Crippen molar-refractivity contribution in [3.63, 3.8) is 0 Å². The molecule has 0 heteroatoms. The molecule has 72 valence electrons. The van der Waals surface area contributed by atoms with E-state index in [2.05, 4.69) is 27.7 Å². The fourth-order valence-electron chi connectivity index (χ4n) is 2.84. The second-order valence-electron chi connectivity index (χ2n) is 4.98. The summed E-state index contributed by atoms with van der Waals surface area (Å²) in [4.78, 5) is 0. The predicted octanol–water partition coefficient (Wildman–Crippen LogP) is 4.10. The summed E-state index contributed by atoms with van der Waals surface area (Å²) in [6.07, 6.45) is 5.74. The number of hydrogen-bond donors (Lipinski definition) is 0. The molecule has 1 rings (SSSR count). The molecule has 1 aliphatic carbocycles. The van der Waals surface area contributed by atoms with E-state index in [-0.39, 0.29) is 0 Å². The Hall–Kier alpha value is 0. The molecule has 0 aromatic heterocycles. The summed E-state index contributed by atoms with van der Waals surface area (Å²) in [6.45, 7) is 9.55. The van der Waals surface area contributed by atoms with Gasteiger partial charge in [0.05, 0.1) is 0 Å². The van der Waals surface area contributed by atoms with Crippen LogP contribution in [0.5, 0.6) is 0 Å². The lowest BCUT2D eigenvalue weighted by Gasteiger charge is -2.42. The van der Waals surface area contributed by atoms with Crippen LogP contribution in [0.2, 0.25) is 0 Å². The molecule has 1 saturated carbocycles. The van der Waals surface area contributed by atoms with Gasteiger partial charge in [0.15, 0.2) is 0 Å². The van der Waals surface area contributed by atoms with Crippen LogP contribution in [-0.2, 0) is 0 Å². The van der Waals surface area contributed by atoms with Gasteiger partial charge >= 0.3 is 0 Å². The van der Waals surface area contributed by atoms with Crippen LogP contribution in [0.4, 0.5) is 0 Å². The van der Waals surface area contributed by atoms with Gasteiger partial charge < -0.3 is 0 Å². The molecule has 0 heterocycles. The van der Waals surface area contributed by atoms with Crippen molar-refractivity contribution in [1.29, 1.82) is 0 Å². The van der Waals surface area contributed by atoms with E-state index in [1.54, 1.807) is 0 Å². The Morgan fingerprint density at radius 1 is 1.25 bits per heavy atom. The first-order valence-corrected chi connectivity index (χ1v) is 5.65. The molecule has 0 bridgehead atoms. The molecule has 0 radical (unpaired) electrons. The third-order valence-electron chi connectivity index (χ3n) is 3.66. The van der Waals surface area contributed by atoms with Crippen LogP contribution in [0, 0.1) is 23.7 Å². The molecular formula is C12H24. The Morgan fingerprint density at radius 3 is 2.25 bits per heavy atom. The van der Waals surface area contributed by atoms with Gasteiger partial charge in [0, 0.05) is 0 Å². The molecule has 0 aromatic carbocycles. The maximum Gasteiger partial charge on any atom is -0.0360 e. The van der Waals surface area contributed by atoms with Gasteiger partial charge in [0.25, 0.3) is 0 Å². The molecule has 0 saturated heterocycles. The highest BCUT2D eigenvalue weighted by molar-refractivity contribution is 4.84. The fourth-order valence-corrected chi connectivity index (χ4v) is 2.84. The highest BCUT2D eigenvalue weighted by Crippen LogP contribution is 2.43. The van der Waals surface area contributed by atoms with E-state index in [0.29, 0.717) is 0 Å². The van der Waals surface area contributed by atoms with Gasteiger partial charge in [0.1, 0.15) is 0 Å². The highest BCUT2D eigenvalue weighted by Gasteiger charge is 2.34. The van der Waals surface area contributed by atoms with E-state index >= 15 is 0 Å². The SMILES string of the molecule is CCCC(C)CC1C(C)CC1C. The Labute approximate surface area is 77.7 Å². The first-order chi connectivity index (χ1) is 5.65. The summed E-state index contributed by atoms with van der Waals surface area (Å²) in [7, 11) is 0. The molecule has 1 aliphatic rings. The van der Waals surface area contributed by atoms with Crippen molar-refractivity contribution in [3.05, 3.63) is 0 Å². The summed E-state index contributed by atoms with van der Waals surface area (Å²) in [5, 5.41) is 0. The zero-order chi connectivity index (χ0) is 9.14. The summed E-state index contributed by atoms with van der Waals surface area (Å²) in [6, 6.07) is 0. The van der Waals surface area contributed by atoms with E-state index in [9.17, 15) is 0 Å². The molecule has 3 atom stereocenters. The van der Waals surface area contributed by atoms with Crippen LogP contribution in [0.25, 0.3) is 0 Å². The second-order valence-corrected chi connectivity index (χ2v) is 4.98. The average molecular weight is 168 g/mol. The zero-order valence-electron chi connectivity index (χ0n) is 9.14. The van der Waals surface area contributed by atoms with Crippen molar-refractivity contribution in [1.82, 2.24) is 0 Å². The summed E-state index contributed by atoms with van der Waals surface area (Å²) < 4.78 is 0. The van der Waals surface area contributed by atoms with Crippen LogP contribution in [0.1, 0.15) is 53.4 Å². The fraction of sp³-hybridized carbons (Fsp3) is 1.00. The minimum absolute atomic E-state index is 0.963. The summed E-state index contributed by atoms with van der Waals surface area (Å²) >= 11 is 0. The van der Waals surface area contributed by atoms with Crippen molar-refractivity contribution in [2.45, 2.75) is 53.4 Å². The molecule has 0 N–H and O–H groups in total. The number of rotatable bonds is 4. The normalized spacial score (nSPS) is 37.5. The zero-order valence-corrected chi connectivity index (χ0v) is 9.14. The monoisotopic (exact) mass is 168 g/mol. The summed E-state index contributed by atoms with van der Waals surface area (Å²) in [5.74, 6) is 4.04. The van der Waals surface area contributed by atoms with Crippen molar-refractivity contribution in [2.24, 2.45) is 23.7 Å². The van der Waals surface area contributed by atoms with Gasteiger partial charge in [0.2, 0.25) is 0 Å². The van der Waals surface area contributed by atoms with Gasteiger partial charge in [-0.3, -0.25) is 0 Å². The minimum Gasteiger partial charge on any atom is -0.0654 e. The van der Waals surface area contributed by atoms with Crippen molar-refractivity contribution >= 4 is 0 Å². The van der Waals surface area contributed by atoms with E-state index in [0.717, 1.165) is 23.7 Å². The lowest BCUT2D eigenvalue weighted by Crippen LogP contribution is -2.33. The Morgan fingerprint density at radius 2 is 1.83 bits per heavy atom. The Bertz CT molecular complexity index is 120. The van der Waals surface area contributed by atoms with Gasteiger partial charge in [-0.25, -0.2) is 0 Å². The lowest BCUT2D eigenvalue weighted by molar-refractivity contribution is 0.0757. The third-order valence-corrected chi connectivity index (χ3v) is 3.66. The highest BCUT2D eigenvalue weighted by atomic mass is 14.4. The lowest BCUT2D eigenvalue weighted by atomic mass is 9.63. The molecule has 0 aromatic rings. The van der Waals surface area contributed by atoms with Gasteiger partial charge in [-0.05, 0) is 36.5 Å². The molecule has 12 heavy (non-hydrogen) atoms. The first kappa shape index (κ1) is 10.1. The van der Waals surface area contributed by atoms with Crippen LogP contribution in [0.3, 0.4) is 0 Å². The molecule has 3 unspecified atom stereocenters. The predicted molar refractivity (Wildman–Crippen MR) is 55.1 cm³/mol. The molecule has 0 aliphatic heterocycles. The first-order valence-electron chi connectivity index (χ1n) is 5.65. The van der Waals surface area contributed by atoms with E-state index < -0.39 is 0 Å². The maximum atomic E-state index is 2.42. The second kappa shape index (κ2) is 4.30. The van der Waals surface area contributed by atoms with Crippen molar-refractivity contribution in [2.75, 3.05) is 0 Å². The Balaban J connectivity index is 2.21. The standard InChI is InChI=1S/C12H24/c1-5-6-9(2)7-12-10(3)8-11(12)4/h9-12H,5-8H2,1-4H3. The maximum absolute atomic E-state index is 2.42. The van der Waals surface area contributed by atoms with Gasteiger partial charge in [-0.1, -0.05) is 40.5 Å². The molecular weight excluding hydrogens is 144 g/mol. The summed E-state index contributed by atoms with van der Waals surface area (Å²) in [5.41, 5.74) is 0. The van der Waals surface area contributed by atoms with E-state index in [1.807, 2.05) is 0 Å². The third kappa shape index (κ3) is 2.24. The largest absolute Gasteiger partial charge is 0.0654 e. The topological polar surface area (TPSA) is 0 Å². The molecule has 0 amide bonds. The van der Waals surface area contributed by atoms with E-state index in [1.165, 1.54) is 25.7 Å². The van der Waals surface area contributed by atoms with Crippen molar-refractivity contribution < 1.29 is 0 Å². The Kier molecular flexibility index (Phi) is 3.61. The number of hydrogen-bond acceptors (Lipinski definition) is 0. The van der Waals surface area contributed by atoms with E-state index in [4.69, 9.17) is 0 Å². The molecule has 0 nitrogen and oxygen atoms in total.